The summed E-state index contributed by atoms with van der Waals surface area (Å²) in [6.45, 7) is 4.46. The molecule has 1 N–H and O–H groups in total. The first kappa shape index (κ1) is 14.5. The van der Waals surface area contributed by atoms with E-state index in [4.69, 9.17) is 9.84 Å². The molecule has 0 spiro atoms. The molecule has 1 aliphatic heterocycles. The van der Waals surface area contributed by atoms with Gasteiger partial charge in [-0.05, 0) is 25.0 Å². The third kappa shape index (κ3) is 3.36. The van der Waals surface area contributed by atoms with Crippen molar-refractivity contribution in [3.05, 3.63) is 35.4 Å². The third-order valence-electron chi connectivity index (χ3n) is 3.57. The van der Waals surface area contributed by atoms with Crippen LogP contribution in [0.2, 0.25) is 0 Å². The van der Waals surface area contributed by atoms with E-state index in [1.807, 2.05) is 31.2 Å². The summed E-state index contributed by atoms with van der Waals surface area (Å²) in [6, 6.07) is 7.86. The van der Waals surface area contributed by atoms with E-state index in [9.17, 15) is 9.59 Å². The fourth-order valence-electron chi connectivity index (χ4n) is 2.43. The van der Waals surface area contributed by atoms with Gasteiger partial charge in [0.2, 0.25) is 5.91 Å². The molecule has 1 atom stereocenters. The number of amides is 1. The Balaban J connectivity index is 2.12. The molecule has 1 aliphatic rings. The number of benzene rings is 1. The largest absolute Gasteiger partial charge is 0.481 e. The van der Waals surface area contributed by atoms with Crippen LogP contribution < -0.4 is 0 Å². The van der Waals surface area contributed by atoms with Crippen LogP contribution in [0.15, 0.2) is 24.3 Å². The average Bonchev–Trinajstić information content (AvgIpc) is 2.36. The van der Waals surface area contributed by atoms with E-state index < -0.39 is 11.6 Å². The lowest BCUT2D eigenvalue weighted by Gasteiger charge is -2.39. The molecule has 0 bridgehead atoms. The number of aliphatic carboxylic acids is 1. The minimum atomic E-state index is -0.919. The normalized spacial score (nSPS) is 22.9. The topological polar surface area (TPSA) is 66.8 Å². The molecule has 108 valence electrons. The summed E-state index contributed by atoms with van der Waals surface area (Å²) < 4.78 is 5.41. The second-order valence-electron chi connectivity index (χ2n) is 5.49. The van der Waals surface area contributed by atoms with Crippen LogP contribution in [0.5, 0.6) is 0 Å². The van der Waals surface area contributed by atoms with E-state index >= 15 is 0 Å². The van der Waals surface area contributed by atoms with Crippen LogP contribution in [-0.2, 0) is 20.9 Å². The van der Waals surface area contributed by atoms with Gasteiger partial charge in [-0.25, -0.2) is 0 Å². The van der Waals surface area contributed by atoms with Crippen LogP contribution in [0.1, 0.15) is 24.5 Å². The number of carboxylic acid groups (broad SMARTS) is 1. The van der Waals surface area contributed by atoms with Crippen molar-refractivity contribution in [2.24, 2.45) is 0 Å². The molecule has 1 unspecified atom stereocenters. The highest BCUT2D eigenvalue weighted by molar-refractivity contribution is 5.79. The summed E-state index contributed by atoms with van der Waals surface area (Å²) in [5.41, 5.74) is 1.37. The average molecular weight is 277 g/mol. The monoisotopic (exact) mass is 277 g/mol. The summed E-state index contributed by atoms with van der Waals surface area (Å²) in [5.74, 6) is -1.02. The molecule has 20 heavy (non-hydrogen) atoms. The molecule has 0 radical (unpaired) electrons. The van der Waals surface area contributed by atoms with Crippen LogP contribution in [-0.4, -0.2) is 40.6 Å². The lowest BCUT2D eigenvalue weighted by molar-refractivity contribution is -0.169. The van der Waals surface area contributed by atoms with Crippen molar-refractivity contribution in [2.45, 2.75) is 32.4 Å². The predicted octanol–water partition coefficient (Wildman–Crippen LogP) is 1.59. The standard InChI is InChI=1S/C15H19NO4/c1-11-5-3-4-6-12(11)8-16-10-15(2,7-14(18)19)20-9-13(16)17/h3-6H,7-10H2,1-2H3,(H,18,19). The Hall–Kier alpha value is -1.88. The summed E-state index contributed by atoms with van der Waals surface area (Å²) >= 11 is 0. The second kappa shape index (κ2) is 5.63. The maximum Gasteiger partial charge on any atom is 0.306 e. The number of hydrogen-bond acceptors (Lipinski definition) is 3. The maximum atomic E-state index is 11.9. The fourth-order valence-corrected chi connectivity index (χ4v) is 2.43. The molecule has 5 nitrogen and oxygen atoms in total. The zero-order valence-electron chi connectivity index (χ0n) is 11.8. The molecule has 1 saturated heterocycles. The van der Waals surface area contributed by atoms with Crippen molar-refractivity contribution in [3.8, 4) is 0 Å². The van der Waals surface area contributed by atoms with Crippen molar-refractivity contribution >= 4 is 11.9 Å². The highest BCUT2D eigenvalue weighted by Gasteiger charge is 2.37. The first-order valence-corrected chi connectivity index (χ1v) is 6.58. The van der Waals surface area contributed by atoms with Crippen LogP contribution in [0.3, 0.4) is 0 Å². The third-order valence-corrected chi connectivity index (χ3v) is 3.57. The molecule has 1 aromatic rings. The van der Waals surface area contributed by atoms with Crippen molar-refractivity contribution in [2.75, 3.05) is 13.2 Å². The molecule has 1 heterocycles. The van der Waals surface area contributed by atoms with E-state index in [1.165, 1.54) is 0 Å². The Bertz CT molecular complexity index is 528. The Morgan fingerprint density at radius 3 is 2.80 bits per heavy atom. The maximum absolute atomic E-state index is 11.9. The number of rotatable bonds is 4. The van der Waals surface area contributed by atoms with E-state index in [-0.39, 0.29) is 18.9 Å². The molecule has 0 aliphatic carbocycles. The molecule has 1 aromatic carbocycles. The first-order chi connectivity index (χ1) is 9.39. The lowest BCUT2D eigenvalue weighted by Crippen LogP contribution is -2.53. The molecule has 5 heteroatoms. The zero-order valence-corrected chi connectivity index (χ0v) is 11.8. The Labute approximate surface area is 118 Å². The second-order valence-corrected chi connectivity index (χ2v) is 5.49. The number of carbonyl (C=O) groups excluding carboxylic acids is 1. The number of morpholine rings is 1. The number of ether oxygens (including phenoxy) is 1. The summed E-state index contributed by atoms with van der Waals surface area (Å²) in [4.78, 5) is 24.5. The van der Waals surface area contributed by atoms with Crippen molar-refractivity contribution in [3.63, 3.8) is 0 Å². The van der Waals surface area contributed by atoms with Gasteiger partial charge in [0, 0.05) is 6.54 Å². The molecule has 0 saturated carbocycles. The number of carbonyl (C=O) groups is 2. The molecule has 2 rings (SSSR count). The number of nitrogens with zero attached hydrogens (tertiary/aromatic N) is 1. The van der Waals surface area contributed by atoms with E-state index in [0.717, 1.165) is 11.1 Å². The number of hydrogen-bond donors (Lipinski definition) is 1. The van der Waals surface area contributed by atoms with E-state index in [0.29, 0.717) is 13.1 Å². The number of aryl methyl sites for hydroxylation is 1. The Kier molecular flexibility index (Phi) is 4.09. The summed E-state index contributed by atoms with van der Waals surface area (Å²) in [7, 11) is 0. The van der Waals surface area contributed by atoms with Crippen molar-refractivity contribution < 1.29 is 19.4 Å². The summed E-state index contributed by atoms with van der Waals surface area (Å²) in [6.07, 6.45) is -0.107. The summed E-state index contributed by atoms with van der Waals surface area (Å²) in [5, 5.41) is 8.93. The van der Waals surface area contributed by atoms with Crippen LogP contribution in [0.25, 0.3) is 0 Å². The van der Waals surface area contributed by atoms with Crippen molar-refractivity contribution in [1.82, 2.24) is 4.90 Å². The Morgan fingerprint density at radius 2 is 2.15 bits per heavy atom. The quantitative estimate of drug-likeness (QED) is 0.907. The number of carboxylic acids is 1. The highest BCUT2D eigenvalue weighted by atomic mass is 16.5. The van der Waals surface area contributed by atoms with Gasteiger partial charge in [-0.3, -0.25) is 9.59 Å². The van der Waals surface area contributed by atoms with Gasteiger partial charge < -0.3 is 14.7 Å². The van der Waals surface area contributed by atoms with Gasteiger partial charge in [0.25, 0.3) is 0 Å². The minimum Gasteiger partial charge on any atom is -0.481 e. The van der Waals surface area contributed by atoms with Crippen molar-refractivity contribution in [1.29, 1.82) is 0 Å². The van der Waals surface area contributed by atoms with Gasteiger partial charge in [-0.2, -0.15) is 0 Å². The Morgan fingerprint density at radius 1 is 1.45 bits per heavy atom. The minimum absolute atomic E-state index is 0.0599. The highest BCUT2D eigenvalue weighted by Crippen LogP contribution is 2.24. The molecule has 0 aromatic heterocycles. The van der Waals surface area contributed by atoms with Gasteiger partial charge in [-0.15, -0.1) is 0 Å². The van der Waals surface area contributed by atoms with Gasteiger partial charge in [-0.1, -0.05) is 24.3 Å². The smallest absolute Gasteiger partial charge is 0.306 e. The van der Waals surface area contributed by atoms with E-state index in [2.05, 4.69) is 0 Å². The van der Waals surface area contributed by atoms with Gasteiger partial charge >= 0.3 is 5.97 Å². The predicted molar refractivity (Wildman–Crippen MR) is 73.2 cm³/mol. The SMILES string of the molecule is Cc1ccccc1CN1CC(C)(CC(=O)O)OCC1=O. The van der Waals surface area contributed by atoms with Gasteiger partial charge in [0.15, 0.2) is 0 Å². The van der Waals surface area contributed by atoms with Crippen LogP contribution in [0.4, 0.5) is 0 Å². The van der Waals surface area contributed by atoms with Gasteiger partial charge in [0.05, 0.1) is 18.6 Å². The van der Waals surface area contributed by atoms with Gasteiger partial charge in [0.1, 0.15) is 6.61 Å². The molecular formula is C15H19NO4. The molecule has 1 amide bonds. The molecular weight excluding hydrogens is 258 g/mol. The first-order valence-electron chi connectivity index (χ1n) is 6.58. The lowest BCUT2D eigenvalue weighted by atomic mass is 9.98. The van der Waals surface area contributed by atoms with E-state index in [1.54, 1.807) is 11.8 Å². The fraction of sp³-hybridized carbons (Fsp3) is 0.467. The zero-order chi connectivity index (χ0) is 14.8. The van der Waals surface area contributed by atoms with Crippen LogP contribution in [0, 0.1) is 6.92 Å². The van der Waals surface area contributed by atoms with Crippen LogP contribution >= 0.6 is 0 Å². The molecule has 1 fully saturated rings.